The van der Waals surface area contributed by atoms with Crippen LogP contribution in [0.5, 0.6) is 0 Å². The molecule has 1 rings (SSSR count). The molecule has 19 heavy (non-hydrogen) atoms. The maximum absolute atomic E-state index is 11.6. The van der Waals surface area contributed by atoms with E-state index in [1.807, 2.05) is 0 Å². The van der Waals surface area contributed by atoms with Gasteiger partial charge in [0.05, 0.1) is 11.5 Å². The normalized spacial score (nSPS) is 22.9. The van der Waals surface area contributed by atoms with Crippen LogP contribution in [-0.4, -0.2) is 57.0 Å². The quantitative estimate of drug-likeness (QED) is 0.806. The molecular formula is C14H30N2O2S. The fourth-order valence-electron chi connectivity index (χ4n) is 2.50. The van der Waals surface area contributed by atoms with Gasteiger partial charge < -0.3 is 10.2 Å². The highest BCUT2D eigenvalue weighted by Crippen LogP contribution is 2.23. The van der Waals surface area contributed by atoms with Gasteiger partial charge in [0, 0.05) is 19.1 Å². The molecule has 0 bridgehead atoms. The topological polar surface area (TPSA) is 49.4 Å². The molecule has 114 valence electrons. The van der Waals surface area contributed by atoms with Gasteiger partial charge in [-0.3, -0.25) is 0 Å². The SMILES string of the molecule is CCCNC(C)C(C)(C)CN1CCCS(=O)(=O)CC1. The summed E-state index contributed by atoms with van der Waals surface area (Å²) < 4.78 is 23.2. The lowest BCUT2D eigenvalue weighted by Crippen LogP contribution is -2.47. The van der Waals surface area contributed by atoms with Crippen molar-refractivity contribution in [3.63, 3.8) is 0 Å². The van der Waals surface area contributed by atoms with E-state index in [-0.39, 0.29) is 5.41 Å². The minimum atomic E-state index is -2.80. The van der Waals surface area contributed by atoms with Crippen LogP contribution in [0.25, 0.3) is 0 Å². The Kier molecular flexibility index (Phi) is 6.27. The standard InChI is InChI=1S/C14H30N2O2S/c1-5-7-15-13(2)14(3,4)12-16-8-6-10-19(17,18)11-9-16/h13,15H,5-12H2,1-4H3. The van der Waals surface area contributed by atoms with Crippen molar-refractivity contribution < 1.29 is 8.42 Å². The lowest BCUT2D eigenvalue weighted by Gasteiger charge is -2.37. The summed E-state index contributed by atoms with van der Waals surface area (Å²) in [6.07, 6.45) is 1.91. The van der Waals surface area contributed by atoms with Crippen LogP contribution in [0.2, 0.25) is 0 Å². The molecule has 1 fully saturated rings. The van der Waals surface area contributed by atoms with E-state index in [4.69, 9.17) is 0 Å². The summed E-state index contributed by atoms with van der Waals surface area (Å²) in [7, 11) is -2.80. The van der Waals surface area contributed by atoms with E-state index >= 15 is 0 Å². The summed E-state index contributed by atoms with van der Waals surface area (Å²) >= 11 is 0. The van der Waals surface area contributed by atoms with Gasteiger partial charge in [-0.15, -0.1) is 0 Å². The van der Waals surface area contributed by atoms with Gasteiger partial charge in [-0.2, -0.15) is 0 Å². The Morgan fingerprint density at radius 2 is 1.95 bits per heavy atom. The number of hydrogen-bond acceptors (Lipinski definition) is 4. The lowest BCUT2D eigenvalue weighted by molar-refractivity contribution is 0.150. The van der Waals surface area contributed by atoms with Crippen LogP contribution in [0.4, 0.5) is 0 Å². The van der Waals surface area contributed by atoms with Crippen molar-refractivity contribution >= 4 is 9.84 Å². The second-order valence-corrected chi connectivity index (χ2v) is 8.75. The Morgan fingerprint density at radius 3 is 2.58 bits per heavy atom. The molecule has 1 unspecified atom stereocenters. The fourth-order valence-corrected chi connectivity index (χ4v) is 3.81. The van der Waals surface area contributed by atoms with Gasteiger partial charge in [-0.05, 0) is 38.3 Å². The lowest BCUT2D eigenvalue weighted by atomic mass is 9.84. The van der Waals surface area contributed by atoms with Crippen molar-refractivity contribution in [2.75, 3.05) is 37.7 Å². The zero-order chi connectivity index (χ0) is 14.5. The molecule has 4 nitrogen and oxygen atoms in total. The van der Waals surface area contributed by atoms with Gasteiger partial charge >= 0.3 is 0 Å². The van der Waals surface area contributed by atoms with Crippen LogP contribution >= 0.6 is 0 Å². The zero-order valence-electron chi connectivity index (χ0n) is 12.9. The number of rotatable bonds is 6. The first-order chi connectivity index (χ1) is 8.77. The molecule has 0 aliphatic carbocycles. The smallest absolute Gasteiger partial charge is 0.151 e. The molecule has 0 radical (unpaired) electrons. The molecule has 0 aromatic carbocycles. The van der Waals surface area contributed by atoms with Crippen LogP contribution < -0.4 is 5.32 Å². The van der Waals surface area contributed by atoms with Crippen LogP contribution in [0.1, 0.15) is 40.5 Å². The van der Waals surface area contributed by atoms with E-state index < -0.39 is 9.84 Å². The zero-order valence-corrected chi connectivity index (χ0v) is 13.7. The van der Waals surface area contributed by atoms with Gasteiger partial charge in [0.25, 0.3) is 0 Å². The average Bonchev–Trinajstić information content (AvgIpc) is 2.47. The molecule has 1 aliphatic rings. The molecule has 1 saturated heterocycles. The van der Waals surface area contributed by atoms with E-state index in [1.165, 1.54) is 0 Å². The van der Waals surface area contributed by atoms with Gasteiger partial charge in [0.1, 0.15) is 0 Å². The van der Waals surface area contributed by atoms with Crippen molar-refractivity contribution in [1.29, 1.82) is 0 Å². The maximum Gasteiger partial charge on any atom is 0.151 e. The fraction of sp³-hybridized carbons (Fsp3) is 1.00. The van der Waals surface area contributed by atoms with Crippen molar-refractivity contribution in [3.05, 3.63) is 0 Å². The molecule has 0 amide bonds. The Labute approximate surface area is 118 Å². The minimum Gasteiger partial charge on any atom is -0.314 e. The number of nitrogens with one attached hydrogen (secondary N) is 1. The third kappa shape index (κ3) is 5.79. The van der Waals surface area contributed by atoms with Crippen LogP contribution in [-0.2, 0) is 9.84 Å². The Bertz CT molecular complexity index is 366. The third-order valence-corrected chi connectivity index (χ3v) is 5.87. The van der Waals surface area contributed by atoms with Crippen molar-refractivity contribution in [3.8, 4) is 0 Å². The molecule has 1 aliphatic heterocycles. The van der Waals surface area contributed by atoms with Crippen molar-refractivity contribution in [2.24, 2.45) is 5.41 Å². The third-order valence-electron chi connectivity index (χ3n) is 4.15. The second-order valence-electron chi connectivity index (χ2n) is 6.45. The molecule has 0 aromatic rings. The summed E-state index contributed by atoms with van der Waals surface area (Å²) in [5.41, 5.74) is 0.156. The van der Waals surface area contributed by atoms with E-state index in [2.05, 4.69) is 37.9 Å². The average molecular weight is 290 g/mol. The number of hydrogen-bond donors (Lipinski definition) is 1. The highest BCUT2D eigenvalue weighted by molar-refractivity contribution is 7.91. The summed E-state index contributed by atoms with van der Waals surface area (Å²) in [6.45, 7) is 12.5. The second kappa shape index (κ2) is 7.04. The van der Waals surface area contributed by atoms with Gasteiger partial charge in [-0.1, -0.05) is 20.8 Å². The van der Waals surface area contributed by atoms with Gasteiger partial charge in [-0.25, -0.2) is 8.42 Å². The number of sulfone groups is 1. The van der Waals surface area contributed by atoms with Crippen LogP contribution in [0.15, 0.2) is 0 Å². The van der Waals surface area contributed by atoms with Crippen molar-refractivity contribution in [1.82, 2.24) is 10.2 Å². The summed E-state index contributed by atoms with van der Waals surface area (Å²) in [4.78, 5) is 2.31. The van der Waals surface area contributed by atoms with E-state index in [0.29, 0.717) is 24.1 Å². The first-order valence-electron chi connectivity index (χ1n) is 7.43. The monoisotopic (exact) mass is 290 g/mol. The van der Waals surface area contributed by atoms with Crippen LogP contribution in [0.3, 0.4) is 0 Å². The molecule has 0 spiro atoms. The minimum absolute atomic E-state index is 0.156. The van der Waals surface area contributed by atoms with E-state index in [1.54, 1.807) is 0 Å². The van der Waals surface area contributed by atoms with E-state index in [9.17, 15) is 8.42 Å². The van der Waals surface area contributed by atoms with E-state index in [0.717, 1.165) is 32.5 Å². The summed E-state index contributed by atoms with van der Waals surface area (Å²) in [5, 5.41) is 3.55. The Hall–Kier alpha value is -0.130. The maximum atomic E-state index is 11.6. The largest absolute Gasteiger partial charge is 0.314 e. The predicted octanol–water partition coefficient (Wildman–Crippen LogP) is 1.52. The predicted molar refractivity (Wildman–Crippen MR) is 81.2 cm³/mol. The molecule has 1 N–H and O–H groups in total. The molecule has 0 aromatic heterocycles. The Balaban J connectivity index is 2.52. The molecule has 1 atom stereocenters. The Morgan fingerprint density at radius 1 is 1.26 bits per heavy atom. The summed E-state index contributed by atoms with van der Waals surface area (Å²) in [6, 6.07) is 0.437. The highest BCUT2D eigenvalue weighted by atomic mass is 32.2. The molecule has 0 saturated carbocycles. The number of nitrogens with zero attached hydrogens (tertiary/aromatic N) is 1. The first kappa shape index (κ1) is 16.9. The molecule has 5 heteroatoms. The molecule has 1 heterocycles. The first-order valence-corrected chi connectivity index (χ1v) is 9.25. The van der Waals surface area contributed by atoms with Crippen molar-refractivity contribution in [2.45, 2.75) is 46.6 Å². The highest BCUT2D eigenvalue weighted by Gasteiger charge is 2.29. The molecular weight excluding hydrogens is 260 g/mol. The van der Waals surface area contributed by atoms with Crippen LogP contribution in [0, 0.1) is 5.41 Å². The van der Waals surface area contributed by atoms with Gasteiger partial charge in [0.2, 0.25) is 0 Å². The van der Waals surface area contributed by atoms with Gasteiger partial charge in [0.15, 0.2) is 9.84 Å². The summed E-state index contributed by atoms with van der Waals surface area (Å²) in [5.74, 6) is 0.674.